The fourth-order valence-corrected chi connectivity index (χ4v) is 2.17. The number of amides is 1. The molecule has 0 spiro atoms. The van der Waals surface area contributed by atoms with E-state index >= 15 is 0 Å². The molecule has 0 saturated heterocycles. The molecular formula is C9H8N2OS. The van der Waals surface area contributed by atoms with Crippen molar-refractivity contribution in [2.24, 2.45) is 10.7 Å². The number of carbonyl (C=O) groups is 1. The maximum atomic E-state index is 10.9. The van der Waals surface area contributed by atoms with E-state index in [9.17, 15) is 4.79 Å². The number of primary amides is 1. The van der Waals surface area contributed by atoms with Gasteiger partial charge in [-0.15, -0.1) is 11.8 Å². The SMILES string of the molecule is NC(=O)C1C=C2C=CC=NC=C2S1. The third kappa shape index (κ3) is 1.58. The topological polar surface area (TPSA) is 55.5 Å². The van der Waals surface area contributed by atoms with Crippen LogP contribution in [0.15, 0.2) is 39.9 Å². The van der Waals surface area contributed by atoms with E-state index in [1.807, 2.05) is 18.2 Å². The van der Waals surface area contributed by atoms with E-state index in [-0.39, 0.29) is 11.2 Å². The Kier molecular flexibility index (Phi) is 2.06. The van der Waals surface area contributed by atoms with Gasteiger partial charge in [0.25, 0.3) is 0 Å². The largest absolute Gasteiger partial charge is 0.368 e. The monoisotopic (exact) mass is 192 g/mol. The van der Waals surface area contributed by atoms with Gasteiger partial charge in [-0.2, -0.15) is 0 Å². The molecule has 2 aliphatic rings. The van der Waals surface area contributed by atoms with Gasteiger partial charge in [0.1, 0.15) is 5.25 Å². The lowest BCUT2D eigenvalue weighted by atomic mass is 10.2. The minimum Gasteiger partial charge on any atom is -0.368 e. The summed E-state index contributed by atoms with van der Waals surface area (Å²) < 4.78 is 0. The molecule has 0 aromatic rings. The van der Waals surface area contributed by atoms with Crippen molar-refractivity contribution in [3.8, 4) is 0 Å². The Morgan fingerprint density at radius 1 is 1.62 bits per heavy atom. The zero-order valence-electron chi connectivity index (χ0n) is 6.81. The van der Waals surface area contributed by atoms with Gasteiger partial charge in [0.2, 0.25) is 5.91 Å². The summed E-state index contributed by atoms with van der Waals surface area (Å²) in [4.78, 5) is 15.9. The maximum absolute atomic E-state index is 10.9. The molecule has 4 heteroatoms. The standard InChI is InChI=1S/C9H8N2OS/c10-9(12)7-4-6-2-1-3-11-5-8(6)13-7/h1-5,7H,(H2,10,12). The van der Waals surface area contributed by atoms with Crippen molar-refractivity contribution >= 4 is 23.9 Å². The van der Waals surface area contributed by atoms with Gasteiger partial charge >= 0.3 is 0 Å². The molecule has 0 radical (unpaired) electrons. The first-order valence-electron chi connectivity index (χ1n) is 3.85. The number of aliphatic imine (C=N–C) groups is 1. The summed E-state index contributed by atoms with van der Waals surface area (Å²) in [6.07, 6.45) is 9.10. The van der Waals surface area contributed by atoms with Crippen molar-refractivity contribution in [3.63, 3.8) is 0 Å². The van der Waals surface area contributed by atoms with Crippen LogP contribution >= 0.6 is 11.8 Å². The highest BCUT2D eigenvalue weighted by molar-refractivity contribution is 8.05. The Morgan fingerprint density at radius 3 is 3.23 bits per heavy atom. The minimum absolute atomic E-state index is 0.237. The number of rotatable bonds is 1. The Bertz CT molecular complexity index is 366. The second-order valence-electron chi connectivity index (χ2n) is 2.71. The van der Waals surface area contributed by atoms with Gasteiger partial charge in [0.05, 0.1) is 0 Å². The van der Waals surface area contributed by atoms with E-state index in [0.717, 1.165) is 10.5 Å². The number of nitrogens with two attached hydrogens (primary N) is 1. The molecule has 66 valence electrons. The third-order valence-corrected chi connectivity index (χ3v) is 3.01. The van der Waals surface area contributed by atoms with Crippen molar-refractivity contribution in [3.05, 3.63) is 34.9 Å². The number of fused-ring (bicyclic) bond motifs is 1. The summed E-state index contributed by atoms with van der Waals surface area (Å²) >= 11 is 1.44. The van der Waals surface area contributed by atoms with Crippen LogP contribution in [-0.2, 0) is 4.79 Å². The third-order valence-electron chi connectivity index (χ3n) is 1.79. The first-order chi connectivity index (χ1) is 6.27. The van der Waals surface area contributed by atoms with Gasteiger partial charge in [-0.05, 0) is 11.6 Å². The minimum atomic E-state index is -0.302. The van der Waals surface area contributed by atoms with Crippen LogP contribution in [0.25, 0.3) is 0 Å². The predicted molar refractivity (Wildman–Crippen MR) is 54.4 cm³/mol. The molecule has 0 bridgehead atoms. The van der Waals surface area contributed by atoms with Crippen molar-refractivity contribution in [1.29, 1.82) is 0 Å². The number of carbonyl (C=O) groups excluding carboxylic acids is 1. The number of thioether (sulfide) groups is 1. The number of hydrogen-bond acceptors (Lipinski definition) is 3. The quantitative estimate of drug-likeness (QED) is 0.673. The Labute approximate surface area is 80.1 Å². The summed E-state index contributed by atoms with van der Waals surface area (Å²) in [5.41, 5.74) is 6.23. The van der Waals surface area contributed by atoms with Crippen molar-refractivity contribution in [2.75, 3.05) is 0 Å². The zero-order valence-corrected chi connectivity index (χ0v) is 7.62. The molecule has 3 nitrogen and oxygen atoms in total. The fourth-order valence-electron chi connectivity index (χ4n) is 1.17. The van der Waals surface area contributed by atoms with Crippen LogP contribution in [0.5, 0.6) is 0 Å². The van der Waals surface area contributed by atoms with Crippen molar-refractivity contribution in [2.45, 2.75) is 5.25 Å². The highest BCUT2D eigenvalue weighted by Crippen LogP contribution is 2.37. The fraction of sp³-hybridized carbons (Fsp3) is 0.111. The van der Waals surface area contributed by atoms with Crippen LogP contribution in [0.2, 0.25) is 0 Å². The molecular weight excluding hydrogens is 184 g/mol. The van der Waals surface area contributed by atoms with E-state index in [0.29, 0.717) is 0 Å². The van der Waals surface area contributed by atoms with E-state index in [2.05, 4.69) is 4.99 Å². The zero-order chi connectivity index (χ0) is 9.26. The molecule has 13 heavy (non-hydrogen) atoms. The lowest BCUT2D eigenvalue weighted by Gasteiger charge is -1.99. The van der Waals surface area contributed by atoms with Gasteiger partial charge < -0.3 is 5.73 Å². The number of allylic oxidation sites excluding steroid dienone is 3. The number of nitrogens with zero attached hydrogens (tertiary/aromatic N) is 1. The van der Waals surface area contributed by atoms with Crippen LogP contribution in [0.4, 0.5) is 0 Å². The summed E-state index contributed by atoms with van der Waals surface area (Å²) in [6, 6.07) is 0. The Balaban J connectivity index is 2.31. The van der Waals surface area contributed by atoms with Gasteiger partial charge in [0, 0.05) is 17.3 Å². The molecule has 0 saturated carbocycles. The molecule has 2 heterocycles. The Hall–Kier alpha value is -1.29. The lowest BCUT2D eigenvalue weighted by Crippen LogP contribution is -2.22. The second kappa shape index (κ2) is 3.22. The van der Waals surface area contributed by atoms with E-state index in [4.69, 9.17) is 5.73 Å². The van der Waals surface area contributed by atoms with Crippen LogP contribution in [0, 0.1) is 0 Å². The molecule has 0 aliphatic carbocycles. The molecule has 1 atom stereocenters. The molecule has 1 unspecified atom stereocenters. The van der Waals surface area contributed by atoms with Gasteiger partial charge in [-0.25, -0.2) is 0 Å². The second-order valence-corrected chi connectivity index (χ2v) is 3.90. The number of hydrogen-bond donors (Lipinski definition) is 1. The summed E-state index contributed by atoms with van der Waals surface area (Å²) in [6.45, 7) is 0. The van der Waals surface area contributed by atoms with E-state index in [1.54, 1.807) is 12.4 Å². The average molecular weight is 192 g/mol. The molecule has 0 aromatic heterocycles. The van der Waals surface area contributed by atoms with Gasteiger partial charge in [-0.3, -0.25) is 9.79 Å². The highest BCUT2D eigenvalue weighted by Gasteiger charge is 2.24. The van der Waals surface area contributed by atoms with E-state index in [1.165, 1.54) is 11.8 Å². The molecule has 0 aromatic carbocycles. The lowest BCUT2D eigenvalue weighted by molar-refractivity contribution is -0.116. The van der Waals surface area contributed by atoms with Crippen molar-refractivity contribution < 1.29 is 4.79 Å². The molecule has 1 amide bonds. The Morgan fingerprint density at radius 2 is 2.46 bits per heavy atom. The summed E-state index contributed by atoms with van der Waals surface area (Å²) in [7, 11) is 0. The van der Waals surface area contributed by atoms with E-state index < -0.39 is 0 Å². The van der Waals surface area contributed by atoms with Crippen LogP contribution in [0.1, 0.15) is 0 Å². The highest BCUT2D eigenvalue weighted by atomic mass is 32.2. The predicted octanol–water partition coefficient (Wildman–Crippen LogP) is 0.996. The van der Waals surface area contributed by atoms with Crippen LogP contribution < -0.4 is 5.73 Å². The summed E-state index contributed by atoms with van der Waals surface area (Å²) in [5, 5.41) is -0.237. The van der Waals surface area contributed by atoms with Gasteiger partial charge in [-0.1, -0.05) is 12.2 Å². The normalized spacial score (nSPS) is 24.8. The molecule has 2 rings (SSSR count). The maximum Gasteiger partial charge on any atom is 0.234 e. The average Bonchev–Trinajstić information content (AvgIpc) is 2.38. The smallest absolute Gasteiger partial charge is 0.234 e. The summed E-state index contributed by atoms with van der Waals surface area (Å²) in [5.74, 6) is -0.302. The first-order valence-corrected chi connectivity index (χ1v) is 4.73. The molecule has 0 fully saturated rings. The first kappa shape index (κ1) is 8.31. The van der Waals surface area contributed by atoms with Crippen molar-refractivity contribution in [1.82, 2.24) is 0 Å². The molecule has 2 N–H and O–H groups in total. The van der Waals surface area contributed by atoms with Crippen LogP contribution in [-0.4, -0.2) is 17.4 Å². The molecule has 2 aliphatic heterocycles. The van der Waals surface area contributed by atoms with Gasteiger partial charge in [0.15, 0.2) is 0 Å². The van der Waals surface area contributed by atoms with Crippen LogP contribution in [0.3, 0.4) is 0 Å².